The van der Waals surface area contributed by atoms with Crippen LogP contribution in [0.25, 0.3) is 0 Å². The molecule has 1 heterocycles. The molecular weight excluding hydrogens is 334 g/mol. The molecule has 1 N–H and O–H groups in total. The smallest absolute Gasteiger partial charge is 0.421 e. The Hall–Kier alpha value is -2.86. The molecule has 0 bridgehead atoms. The molecular formula is C20H21NO5. The van der Waals surface area contributed by atoms with Crippen molar-refractivity contribution in [2.75, 3.05) is 12.0 Å². The predicted octanol–water partition coefficient (Wildman–Crippen LogP) is 3.21. The Morgan fingerprint density at radius 2 is 1.69 bits per heavy atom. The molecule has 0 fully saturated rings. The van der Waals surface area contributed by atoms with Crippen LogP contribution in [0.5, 0.6) is 5.75 Å². The van der Waals surface area contributed by atoms with Crippen LogP contribution in [0, 0.1) is 0 Å². The van der Waals surface area contributed by atoms with Gasteiger partial charge in [-0.05, 0) is 44.5 Å². The number of rotatable bonds is 2. The molecule has 1 aliphatic heterocycles. The molecule has 0 aliphatic carbocycles. The molecule has 0 unspecified atom stereocenters. The van der Waals surface area contributed by atoms with Crippen LogP contribution in [0.15, 0.2) is 48.5 Å². The van der Waals surface area contributed by atoms with Crippen molar-refractivity contribution in [3.05, 3.63) is 59.7 Å². The lowest BCUT2D eigenvalue weighted by molar-refractivity contribution is -0.131. The molecule has 0 spiro atoms. The molecule has 0 saturated heterocycles. The molecule has 26 heavy (non-hydrogen) atoms. The fourth-order valence-electron chi connectivity index (χ4n) is 2.96. The molecule has 0 radical (unpaired) electrons. The van der Waals surface area contributed by atoms with Gasteiger partial charge in [-0.2, -0.15) is 0 Å². The van der Waals surface area contributed by atoms with Crippen LogP contribution in [0.4, 0.5) is 10.5 Å². The summed E-state index contributed by atoms with van der Waals surface area (Å²) in [5, 5.41) is 11.3. The first-order chi connectivity index (χ1) is 12.2. The van der Waals surface area contributed by atoms with E-state index in [0.717, 1.165) is 4.90 Å². The maximum atomic E-state index is 13.1. The number of carbonyl (C=O) groups excluding carboxylic acids is 2. The van der Waals surface area contributed by atoms with Gasteiger partial charge < -0.3 is 14.6 Å². The number of amides is 2. The van der Waals surface area contributed by atoms with Crippen LogP contribution in [0.3, 0.4) is 0 Å². The number of nitrogens with zero attached hydrogens (tertiary/aromatic N) is 1. The highest BCUT2D eigenvalue weighted by atomic mass is 16.6. The second-order valence-electron chi connectivity index (χ2n) is 7.08. The highest BCUT2D eigenvalue weighted by Gasteiger charge is 2.54. The zero-order chi connectivity index (χ0) is 19.1. The third kappa shape index (κ3) is 2.82. The lowest BCUT2D eigenvalue weighted by Crippen LogP contribution is -2.45. The van der Waals surface area contributed by atoms with Gasteiger partial charge in [-0.1, -0.05) is 30.3 Å². The summed E-state index contributed by atoms with van der Waals surface area (Å²) < 4.78 is 10.5. The van der Waals surface area contributed by atoms with Gasteiger partial charge in [0.05, 0.1) is 12.8 Å². The summed E-state index contributed by atoms with van der Waals surface area (Å²) in [6.07, 6.45) is -0.820. The number of hydrogen-bond acceptors (Lipinski definition) is 5. The van der Waals surface area contributed by atoms with Gasteiger partial charge in [-0.15, -0.1) is 0 Å². The summed E-state index contributed by atoms with van der Waals surface area (Å²) in [7, 11) is 1.53. The lowest BCUT2D eigenvalue weighted by atomic mass is 9.87. The van der Waals surface area contributed by atoms with E-state index in [1.165, 1.54) is 7.11 Å². The van der Waals surface area contributed by atoms with Gasteiger partial charge in [0.1, 0.15) is 11.4 Å². The first-order valence-corrected chi connectivity index (χ1v) is 8.22. The Morgan fingerprint density at radius 1 is 1.08 bits per heavy atom. The maximum absolute atomic E-state index is 13.1. The number of benzene rings is 2. The van der Waals surface area contributed by atoms with Crippen molar-refractivity contribution < 1.29 is 24.2 Å². The van der Waals surface area contributed by atoms with Crippen LogP contribution in [-0.2, 0) is 15.1 Å². The summed E-state index contributed by atoms with van der Waals surface area (Å²) in [6, 6.07) is 13.2. The minimum Gasteiger partial charge on any atom is -0.497 e. The molecule has 0 saturated carbocycles. The zero-order valence-corrected chi connectivity index (χ0v) is 15.1. The minimum absolute atomic E-state index is 0.310. The summed E-state index contributed by atoms with van der Waals surface area (Å²) in [5.41, 5.74) is -1.75. The average molecular weight is 355 g/mol. The first kappa shape index (κ1) is 17.9. The Bertz CT molecular complexity index is 853. The van der Waals surface area contributed by atoms with Gasteiger partial charge >= 0.3 is 6.09 Å². The Labute approximate surface area is 152 Å². The Morgan fingerprint density at radius 3 is 2.27 bits per heavy atom. The number of ether oxygens (including phenoxy) is 2. The van der Waals surface area contributed by atoms with Crippen molar-refractivity contribution in [1.82, 2.24) is 0 Å². The second kappa shape index (κ2) is 6.14. The van der Waals surface area contributed by atoms with Crippen molar-refractivity contribution in [3.63, 3.8) is 0 Å². The number of aliphatic hydroxyl groups is 1. The molecule has 2 amide bonds. The molecule has 136 valence electrons. The summed E-state index contributed by atoms with van der Waals surface area (Å²) >= 11 is 0. The minimum atomic E-state index is -1.97. The van der Waals surface area contributed by atoms with Crippen LogP contribution < -0.4 is 9.64 Å². The Kier molecular flexibility index (Phi) is 4.24. The van der Waals surface area contributed by atoms with E-state index in [-0.39, 0.29) is 0 Å². The van der Waals surface area contributed by atoms with E-state index in [2.05, 4.69) is 0 Å². The normalized spacial score (nSPS) is 19.3. The van der Waals surface area contributed by atoms with Crippen molar-refractivity contribution in [1.29, 1.82) is 0 Å². The van der Waals surface area contributed by atoms with Gasteiger partial charge in [0.25, 0.3) is 5.91 Å². The van der Waals surface area contributed by atoms with Crippen molar-refractivity contribution in [3.8, 4) is 5.75 Å². The van der Waals surface area contributed by atoms with E-state index in [1.54, 1.807) is 69.3 Å². The van der Waals surface area contributed by atoms with Crippen molar-refractivity contribution in [2.24, 2.45) is 0 Å². The number of carbonyl (C=O) groups is 2. The zero-order valence-electron chi connectivity index (χ0n) is 15.1. The van der Waals surface area contributed by atoms with E-state index >= 15 is 0 Å². The SMILES string of the molecule is COc1ccc([C@]2(O)C(=O)N(C(=O)OC(C)(C)C)c3ccccc32)cc1. The maximum Gasteiger partial charge on any atom is 0.421 e. The number of fused-ring (bicyclic) bond motifs is 1. The number of hydrogen-bond donors (Lipinski definition) is 1. The van der Waals surface area contributed by atoms with Crippen molar-refractivity contribution in [2.45, 2.75) is 32.0 Å². The van der Waals surface area contributed by atoms with Gasteiger partial charge in [-0.25, -0.2) is 9.69 Å². The van der Waals surface area contributed by atoms with Gasteiger partial charge in [-0.3, -0.25) is 4.79 Å². The fraction of sp³-hybridized carbons (Fsp3) is 0.300. The first-order valence-electron chi connectivity index (χ1n) is 8.22. The monoisotopic (exact) mass is 355 g/mol. The number of anilines is 1. The highest BCUT2D eigenvalue weighted by Crippen LogP contribution is 2.45. The van der Waals surface area contributed by atoms with Crippen molar-refractivity contribution >= 4 is 17.7 Å². The van der Waals surface area contributed by atoms with Crippen LogP contribution >= 0.6 is 0 Å². The molecule has 1 aliphatic rings. The second-order valence-corrected chi connectivity index (χ2v) is 7.08. The molecule has 2 aromatic rings. The molecule has 2 aromatic carbocycles. The summed E-state index contributed by atoms with van der Waals surface area (Å²) in [6.45, 7) is 5.15. The molecule has 1 atom stereocenters. The lowest BCUT2D eigenvalue weighted by Gasteiger charge is -2.25. The number of para-hydroxylation sites is 1. The highest BCUT2D eigenvalue weighted by molar-refractivity contribution is 6.21. The molecule has 6 nitrogen and oxygen atoms in total. The summed E-state index contributed by atoms with van der Waals surface area (Å²) in [4.78, 5) is 26.6. The molecule has 6 heteroatoms. The van der Waals surface area contributed by atoms with Gasteiger partial charge in [0.15, 0.2) is 5.60 Å². The van der Waals surface area contributed by atoms with Crippen LogP contribution in [0.1, 0.15) is 31.9 Å². The third-order valence-electron chi connectivity index (χ3n) is 4.13. The van der Waals surface area contributed by atoms with Gasteiger partial charge in [0, 0.05) is 5.56 Å². The number of imide groups is 1. The largest absolute Gasteiger partial charge is 0.497 e. The van der Waals surface area contributed by atoms with Crippen LogP contribution in [-0.4, -0.2) is 29.8 Å². The van der Waals surface area contributed by atoms with E-state index < -0.39 is 23.2 Å². The Balaban J connectivity index is 2.10. The predicted molar refractivity (Wildman–Crippen MR) is 96.2 cm³/mol. The molecule has 0 aromatic heterocycles. The van der Waals surface area contributed by atoms with E-state index in [0.29, 0.717) is 22.6 Å². The average Bonchev–Trinajstić information content (AvgIpc) is 2.82. The fourth-order valence-corrected chi connectivity index (χ4v) is 2.96. The van der Waals surface area contributed by atoms with Crippen LogP contribution in [0.2, 0.25) is 0 Å². The number of methoxy groups -OCH3 is 1. The van der Waals surface area contributed by atoms with E-state index in [9.17, 15) is 14.7 Å². The quantitative estimate of drug-likeness (QED) is 0.895. The van der Waals surface area contributed by atoms with Gasteiger partial charge in [0.2, 0.25) is 0 Å². The van der Waals surface area contributed by atoms with E-state index in [4.69, 9.17) is 9.47 Å². The molecule has 3 rings (SSSR count). The topological polar surface area (TPSA) is 76.1 Å². The standard InChI is InChI=1S/C20H21NO5/c1-19(2,3)26-18(23)21-16-8-6-5-7-15(16)20(24,17(21)22)13-9-11-14(25-4)12-10-13/h5-12,24H,1-4H3/t20-/m1/s1. The summed E-state index contributed by atoms with van der Waals surface area (Å²) in [5.74, 6) is -0.168. The van der Waals surface area contributed by atoms with E-state index in [1.807, 2.05) is 0 Å². The third-order valence-corrected chi connectivity index (χ3v) is 4.13.